The van der Waals surface area contributed by atoms with Crippen LogP contribution in [-0.4, -0.2) is 38.3 Å². The maximum atomic E-state index is 13.3. The minimum absolute atomic E-state index is 0.0869. The van der Waals surface area contributed by atoms with E-state index < -0.39 is 10.7 Å². The molecule has 1 fully saturated rings. The molecule has 0 aromatic heterocycles. The number of halogens is 1. The number of nitro groups is 1. The monoisotopic (exact) mass is 361 g/mol. The molecule has 26 heavy (non-hydrogen) atoms. The molecule has 1 N–H and O–H groups in total. The highest BCUT2D eigenvalue weighted by atomic mass is 19.1. The van der Waals surface area contributed by atoms with Gasteiger partial charge in [0.15, 0.2) is 5.75 Å². The number of nitro benzene ring substituents is 1. The fraction of sp³-hybridized carbons (Fsp3) is 0.333. The van der Waals surface area contributed by atoms with E-state index in [1.165, 1.54) is 0 Å². The molecule has 2 aromatic rings. The molecule has 0 radical (unpaired) electrons. The lowest BCUT2D eigenvalue weighted by Gasteiger charge is -2.16. The van der Waals surface area contributed by atoms with Crippen molar-refractivity contribution < 1.29 is 18.8 Å². The van der Waals surface area contributed by atoms with Crippen molar-refractivity contribution >= 4 is 11.4 Å². The average Bonchev–Trinajstić information content (AvgIpc) is 3.09. The van der Waals surface area contributed by atoms with E-state index in [-0.39, 0.29) is 30.4 Å². The van der Waals surface area contributed by atoms with Crippen molar-refractivity contribution in [3.05, 3.63) is 64.0 Å². The molecule has 0 bridgehead atoms. The molecule has 8 heteroatoms. The maximum Gasteiger partial charge on any atom is 0.311 e. The highest BCUT2D eigenvalue weighted by Gasteiger charge is 2.27. The van der Waals surface area contributed by atoms with Gasteiger partial charge in [-0.05, 0) is 23.8 Å². The normalized spacial score (nSPS) is 19.3. The number of rotatable bonds is 6. The minimum Gasteiger partial charge on any atom is -0.484 e. The fourth-order valence-electron chi connectivity index (χ4n) is 2.71. The van der Waals surface area contributed by atoms with E-state index in [0.717, 1.165) is 29.4 Å². The summed E-state index contributed by atoms with van der Waals surface area (Å²) in [4.78, 5) is 12.4. The molecule has 3 rings (SSSR count). The Kier molecular flexibility index (Phi) is 5.34. The lowest BCUT2D eigenvalue weighted by atomic mass is 10.2. The molecular formula is C18H20FN3O4. The summed E-state index contributed by atoms with van der Waals surface area (Å²) in [6, 6.07) is 11.1. The van der Waals surface area contributed by atoms with Crippen LogP contribution in [0.5, 0.6) is 5.75 Å². The van der Waals surface area contributed by atoms with Crippen LogP contribution >= 0.6 is 0 Å². The highest BCUT2D eigenvalue weighted by molar-refractivity contribution is 5.47. The first-order valence-electron chi connectivity index (χ1n) is 8.17. The van der Waals surface area contributed by atoms with Gasteiger partial charge in [-0.2, -0.15) is 0 Å². The van der Waals surface area contributed by atoms with Crippen LogP contribution in [0.3, 0.4) is 0 Å². The van der Waals surface area contributed by atoms with Crippen molar-refractivity contribution in [2.75, 3.05) is 32.1 Å². The fourth-order valence-corrected chi connectivity index (χ4v) is 2.71. The van der Waals surface area contributed by atoms with Gasteiger partial charge >= 0.3 is 5.69 Å². The molecule has 2 atom stereocenters. The van der Waals surface area contributed by atoms with Crippen LogP contribution in [0.2, 0.25) is 0 Å². The SMILES string of the molecule is CN(C)c1ccc([C@@H]2NC[C@H](COc3cc(F)ccc3[N+](=O)[O-])O2)cc1. The summed E-state index contributed by atoms with van der Waals surface area (Å²) in [5.41, 5.74) is 1.80. The molecule has 0 amide bonds. The van der Waals surface area contributed by atoms with E-state index in [2.05, 4.69) is 5.32 Å². The Labute approximate surface area is 150 Å². The van der Waals surface area contributed by atoms with Gasteiger partial charge in [-0.1, -0.05) is 12.1 Å². The van der Waals surface area contributed by atoms with E-state index >= 15 is 0 Å². The first-order chi connectivity index (χ1) is 12.4. The summed E-state index contributed by atoms with van der Waals surface area (Å²) in [7, 11) is 3.94. The third-order valence-corrected chi connectivity index (χ3v) is 4.11. The minimum atomic E-state index is -0.600. The highest BCUT2D eigenvalue weighted by Crippen LogP contribution is 2.29. The van der Waals surface area contributed by atoms with Gasteiger partial charge in [0.1, 0.15) is 24.8 Å². The topological polar surface area (TPSA) is 76.9 Å². The second-order valence-corrected chi connectivity index (χ2v) is 6.21. The lowest BCUT2D eigenvalue weighted by molar-refractivity contribution is -0.386. The van der Waals surface area contributed by atoms with E-state index in [9.17, 15) is 14.5 Å². The number of nitrogens with zero attached hydrogens (tertiary/aromatic N) is 2. The molecular weight excluding hydrogens is 341 g/mol. The molecule has 0 aliphatic carbocycles. The molecule has 1 aliphatic heterocycles. The van der Waals surface area contributed by atoms with Crippen LogP contribution in [-0.2, 0) is 4.74 Å². The second kappa shape index (κ2) is 7.67. The van der Waals surface area contributed by atoms with Crippen molar-refractivity contribution in [3.63, 3.8) is 0 Å². The number of anilines is 1. The molecule has 1 heterocycles. The Morgan fingerprint density at radius 1 is 1.31 bits per heavy atom. The van der Waals surface area contributed by atoms with Gasteiger partial charge in [0.25, 0.3) is 0 Å². The summed E-state index contributed by atoms with van der Waals surface area (Å²) in [6.45, 7) is 0.618. The summed E-state index contributed by atoms with van der Waals surface area (Å²) in [5.74, 6) is -0.688. The van der Waals surface area contributed by atoms with Crippen molar-refractivity contribution in [3.8, 4) is 5.75 Å². The number of nitrogens with one attached hydrogen (secondary N) is 1. The Morgan fingerprint density at radius 2 is 2.04 bits per heavy atom. The van der Waals surface area contributed by atoms with E-state index in [1.807, 2.05) is 43.3 Å². The van der Waals surface area contributed by atoms with Crippen LogP contribution in [0.25, 0.3) is 0 Å². The van der Waals surface area contributed by atoms with Gasteiger partial charge in [0, 0.05) is 38.5 Å². The number of hydrogen-bond acceptors (Lipinski definition) is 6. The summed E-state index contributed by atoms with van der Waals surface area (Å²) < 4.78 is 24.7. The number of hydrogen-bond donors (Lipinski definition) is 1. The molecule has 0 spiro atoms. The Morgan fingerprint density at radius 3 is 2.69 bits per heavy atom. The van der Waals surface area contributed by atoms with Crippen LogP contribution in [0.4, 0.5) is 15.8 Å². The van der Waals surface area contributed by atoms with E-state index in [1.54, 1.807) is 0 Å². The van der Waals surface area contributed by atoms with E-state index in [4.69, 9.17) is 9.47 Å². The van der Waals surface area contributed by atoms with Gasteiger partial charge in [0.2, 0.25) is 0 Å². The smallest absolute Gasteiger partial charge is 0.311 e. The molecule has 0 saturated carbocycles. The predicted octanol–water partition coefficient (Wildman–Crippen LogP) is 2.87. The predicted molar refractivity (Wildman–Crippen MR) is 94.9 cm³/mol. The van der Waals surface area contributed by atoms with Crippen molar-refractivity contribution in [1.82, 2.24) is 5.32 Å². The van der Waals surface area contributed by atoms with Gasteiger partial charge < -0.3 is 14.4 Å². The lowest BCUT2D eigenvalue weighted by Crippen LogP contribution is -2.22. The molecule has 1 saturated heterocycles. The van der Waals surface area contributed by atoms with Gasteiger partial charge in [-0.3, -0.25) is 15.4 Å². The van der Waals surface area contributed by atoms with Crippen molar-refractivity contribution in [1.29, 1.82) is 0 Å². The van der Waals surface area contributed by atoms with Gasteiger partial charge in [-0.25, -0.2) is 4.39 Å². The van der Waals surface area contributed by atoms with E-state index in [0.29, 0.717) is 6.54 Å². The van der Waals surface area contributed by atoms with Crippen molar-refractivity contribution in [2.45, 2.75) is 12.3 Å². The second-order valence-electron chi connectivity index (χ2n) is 6.21. The number of benzene rings is 2. The standard InChI is InChI=1S/C18H20FN3O4/c1-21(2)14-6-3-12(4-7-14)18-20-10-15(26-18)11-25-17-9-13(19)5-8-16(17)22(23)24/h3-9,15,18,20H,10-11H2,1-2H3/t15-,18-/m1/s1. The third-order valence-electron chi connectivity index (χ3n) is 4.11. The molecule has 0 unspecified atom stereocenters. The summed E-state index contributed by atoms with van der Waals surface area (Å²) >= 11 is 0. The first-order valence-corrected chi connectivity index (χ1v) is 8.17. The number of ether oxygens (including phenoxy) is 2. The Balaban J connectivity index is 1.60. The average molecular weight is 361 g/mol. The first kappa shape index (κ1) is 18.1. The zero-order valence-corrected chi connectivity index (χ0v) is 14.5. The summed E-state index contributed by atoms with van der Waals surface area (Å²) in [6.07, 6.45) is -0.571. The Bertz CT molecular complexity index is 783. The third kappa shape index (κ3) is 4.09. The van der Waals surface area contributed by atoms with Gasteiger partial charge in [0.05, 0.1) is 4.92 Å². The van der Waals surface area contributed by atoms with Crippen LogP contribution in [0.15, 0.2) is 42.5 Å². The van der Waals surface area contributed by atoms with Crippen LogP contribution < -0.4 is 15.0 Å². The maximum absolute atomic E-state index is 13.3. The molecule has 1 aliphatic rings. The van der Waals surface area contributed by atoms with Crippen LogP contribution in [0, 0.1) is 15.9 Å². The van der Waals surface area contributed by atoms with Gasteiger partial charge in [-0.15, -0.1) is 0 Å². The molecule has 2 aromatic carbocycles. The quantitative estimate of drug-likeness (QED) is 0.630. The zero-order chi connectivity index (χ0) is 18.7. The Hall–Kier alpha value is -2.71. The van der Waals surface area contributed by atoms with Crippen LogP contribution in [0.1, 0.15) is 11.8 Å². The van der Waals surface area contributed by atoms with Crippen molar-refractivity contribution in [2.24, 2.45) is 0 Å². The largest absolute Gasteiger partial charge is 0.484 e. The molecule has 7 nitrogen and oxygen atoms in total. The molecule has 138 valence electrons. The zero-order valence-electron chi connectivity index (χ0n) is 14.5. The summed E-state index contributed by atoms with van der Waals surface area (Å²) in [5, 5.41) is 14.2.